The highest BCUT2D eigenvalue weighted by Crippen LogP contribution is 2.21. The molecule has 0 fully saturated rings. The Hall–Kier alpha value is -2.41. The molecule has 1 aliphatic heterocycles. The molecule has 0 radical (unpaired) electrons. The third kappa shape index (κ3) is 4.17. The number of nitrogens with one attached hydrogen (secondary N) is 1. The number of aryl methyl sites for hydroxylation is 1. The van der Waals surface area contributed by atoms with E-state index in [4.69, 9.17) is 4.52 Å². The van der Waals surface area contributed by atoms with Crippen molar-refractivity contribution in [1.82, 2.24) is 10.5 Å². The maximum absolute atomic E-state index is 11.6. The van der Waals surface area contributed by atoms with Gasteiger partial charge in [-0.1, -0.05) is 24.2 Å². The Bertz CT molecular complexity index is 925. The predicted octanol–water partition coefficient (Wildman–Crippen LogP) is 2.85. The summed E-state index contributed by atoms with van der Waals surface area (Å²) >= 11 is 0. The third-order valence-corrected chi connectivity index (χ3v) is 5.27. The van der Waals surface area contributed by atoms with Crippen molar-refractivity contribution < 1.29 is 12.9 Å². The van der Waals surface area contributed by atoms with Gasteiger partial charge < -0.3 is 9.84 Å². The van der Waals surface area contributed by atoms with E-state index in [9.17, 15) is 8.42 Å². The highest BCUT2D eigenvalue weighted by molar-refractivity contribution is 7.90. The zero-order valence-electron chi connectivity index (χ0n) is 14.5. The fraction of sp³-hybridized carbons (Fsp3) is 0.333. The molecule has 0 bridgehead atoms. The Balaban J connectivity index is 1.78. The van der Waals surface area contributed by atoms with E-state index in [0.29, 0.717) is 17.4 Å². The van der Waals surface area contributed by atoms with Gasteiger partial charge in [0.15, 0.2) is 9.84 Å². The number of sulfone groups is 1. The lowest BCUT2D eigenvalue weighted by Crippen LogP contribution is -2.19. The molecule has 1 atom stereocenters. The molecule has 1 aromatic carbocycles. The van der Waals surface area contributed by atoms with Crippen LogP contribution in [0.3, 0.4) is 0 Å². The van der Waals surface area contributed by atoms with Crippen molar-refractivity contribution in [3.63, 3.8) is 0 Å². The molecule has 2 heterocycles. The van der Waals surface area contributed by atoms with Gasteiger partial charge in [-0.15, -0.1) is 0 Å². The van der Waals surface area contributed by atoms with Gasteiger partial charge in [0.1, 0.15) is 12.1 Å². The Morgan fingerprint density at radius 2 is 2.00 bits per heavy atom. The molecule has 0 saturated carbocycles. The van der Waals surface area contributed by atoms with Gasteiger partial charge in [0, 0.05) is 18.4 Å². The first-order valence-corrected chi connectivity index (χ1v) is 9.95. The van der Waals surface area contributed by atoms with Crippen molar-refractivity contribution >= 4 is 15.5 Å². The Morgan fingerprint density at radius 1 is 1.28 bits per heavy atom. The van der Waals surface area contributed by atoms with Crippen LogP contribution in [0, 0.1) is 12.8 Å². The topological polar surface area (TPSA) is 84.6 Å². The van der Waals surface area contributed by atoms with E-state index < -0.39 is 9.84 Å². The lowest BCUT2D eigenvalue weighted by molar-refractivity contribution is 0.414. The summed E-state index contributed by atoms with van der Waals surface area (Å²) < 4.78 is 28.1. The van der Waals surface area contributed by atoms with Crippen molar-refractivity contribution in [2.45, 2.75) is 31.7 Å². The van der Waals surface area contributed by atoms with Gasteiger partial charge in [-0.2, -0.15) is 0 Å². The molecule has 0 amide bonds. The summed E-state index contributed by atoms with van der Waals surface area (Å²) in [5.41, 5.74) is 3.73. The Kier molecular flexibility index (Phi) is 4.76. The van der Waals surface area contributed by atoms with Gasteiger partial charge in [-0.25, -0.2) is 13.4 Å². The molecule has 1 aliphatic rings. The molecular weight excluding hydrogens is 338 g/mol. The van der Waals surface area contributed by atoms with Crippen LogP contribution in [-0.4, -0.2) is 25.5 Å². The number of hydrogen-bond donors (Lipinski definition) is 1. The SMILES string of the molecule is Cc1nocc1CNC1=CC(C)CC(c2ccc(S(C)(=O)=O)cc2)=N1. The summed E-state index contributed by atoms with van der Waals surface area (Å²) in [5, 5.41) is 7.17. The summed E-state index contributed by atoms with van der Waals surface area (Å²) in [6.07, 6.45) is 5.75. The first-order chi connectivity index (χ1) is 11.8. The second-order valence-electron chi connectivity index (χ2n) is 6.37. The van der Waals surface area contributed by atoms with Crippen molar-refractivity contribution in [3.8, 4) is 0 Å². The second kappa shape index (κ2) is 6.84. The highest BCUT2D eigenvalue weighted by atomic mass is 32.2. The van der Waals surface area contributed by atoms with Crippen LogP contribution >= 0.6 is 0 Å². The van der Waals surface area contributed by atoms with E-state index in [0.717, 1.165) is 34.8 Å². The Labute approximate surface area is 147 Å². The van der Waals surface area contributed by atoms with Crippen LogP contribution in [0.2, 0.25) is 0 Å². The zero-order chi connectivity index (χ0) is 18.0. The molecule has 1 unspecified atom stereocenters. The maximum Gasteiger partial charge on any atom is 0.175 e. The molecule has 1 aromatic heterocycles. The predicted molar refractivity (Wildman–Crippen MR) is 96.0 cm³/mol. The van der Waals surface area contributed by atoms with E-state index in [1.165, 1.54) is 6.26 Å². The Morgan fingerprint density at radius 3 is 2.60 bits per heavy atom. The number of aromatic nitrogens is 1. The van der Waals surface area contributed by atoms with E-state index in [1.54, 1.807) is 18.4 Å². The van der Waals surface area contributed by atoms with Gasteiger partial charge in [0.05, 0.1) is 16.3 Å². The molecule has 1 N–H and O–H groups in total. The molecular formula is C18H21N3O3S. The minimum Gasteiger partial charge on any atom is -0.366 e. The van der Waals surface area contributed by atoms with Crippen LogP contribution in [0.5, 0.6) is 0 Å². The van der Waals surface area contributed by atoms with Gasteiger partial charge in [-0.3, -0.25) is 0 Å². The van der Waals surface area contributed by atoms with Crippen LogP contribution in [0.4, 0.5) is 0 Å². The van der Waals surface area contributed by atoms with Crippen molar-refractivity contribution in [3.05, 3.63) is 59.2 Å². The van der Waals surface area contributed by atoms with E-state index in [1.807, 2.05) is 19.1 Å². The monoisotopic (exact) mass is 359 g/mol. The van der Waals surface area contributed by atoms with Gasteiger partial charge in [-0.05, 0) is 43.0 Å². The van der Waals surface area contributed by atoms with Crippen LogP contribution in [-0.2, 0) is 16.4 Å². The first-order valence-electron chi connectivity index (χ1n) is 8.06. The zero-order valence-corrected chi connectivity index (χ0v) is 15.3. The van der Waals surface area contributed by atoms with Crippen molar-refractivity contribution in [2.24, 2.45) is 10.9 Å². The molecule has 2 aromatic rings. The smallest absolute Gasteiger partial charge is 0.175 e. The summed E-state index contributed by atoms with van der Waals surface area (Å²) in [6, 6.07) is 6.89. The quantitative estimate of drug-likeness (QED) is 0.887. The minimum absolute atomic E-state index is 0.317. The molecule has 132 valence electrons. The summed E-state index contributed by atoms with van der Waals surface area (Å²) in [5.74, 6) is 1.15. The molecule has 0 aliphatic carbocycles. The summed E-state index contributed by atoms with van der Waals surface area (Å²) in [6.45, 7) is 4.62. The van der Waals surface area contributed by atoms with Crippen LogP contribution in [0.15, 0.2) is 56.8 Å². The number of aliphatic imine (C=N–C) groups is 1. The number of benzene rings is 1. The van der Waals surface area contributed by atoms with Crippen molar-refractivity contribution in [1.29, 1.82) is 0 Å². The average molecular weight is 359 g/mol. The van der Waals surface area contributed by atoms with Crippen LogP contribution in [0.1, 0.15) is 30.2 Å². The highest BCUT2D eigenvalue weighted by Gasteiger charge is 2.16. The van der Waals surface area contributed by atoms with Gasteiger partial charge in [0.25, 0.3) is 0 Å². The number of nitrogens with zero attached hydrogens (tertiary/aromatic N) is 2. The third-order valence-electron chi connectivity index (χ3n) is 4.14. The number of rotatable bonds is 5. The number of hydrogen-bond acceptors (Lipinski definition) is 6. The normalized spacial score (nSPS) is 17.8. The number of allylic oxidation sites excluding steroid dienone is 1. The second-order valence-corrected chi connectivity index (χ2v) is 8.38. The largest absolute Gasteiger partial charge is 0.366 e. The first kappa shape index (κ1) is 17.4. The van der Waals surface area contributed by atoms with Gasteiger partial charge in [0.2, 0.25) is 0 Å². The molecule has 3 rings (SSSR count). The summed E-state index contributed by atoms with van der Waals surface area (Å²) in [4.78, 5) is 5.01. The fourth-order valence-corrected chi connectivity index (χ4v) is 3.34. The van der Waals surface area contributed by atoms with Crippen LogP contribution in [0.25, 0.3) is 0 Å². The van der Waals surface area contributed by atoms with E-state index in [2.05, 4.69) is 28.5 Å². The molecule has 0 saturated heterocycles. The van der Waals surface area contributed by atoms with Crippen molar-refractivity contribution in [2.75, 3.05) is 6.26 Å². The molecule has 7 heteroatoms. The molecule has 6 nitrogen and oxygen atoms in total. The lowest BCUT2D eigenvalue weighted by Gasteiger charge is -2.19. The van der Waals surface area contributed by atoms with Gasteiger partial charge >= 0.3 is 0 Å². The fourth-order valence-electron chi connectivity index (χ4n) is 2.71. The molecule has 25 heavy (non-hydrogen) atoms. The van der Waals surface area contributed by atoms with Crippen LogP contribution < -0.4 is 5.32 Å². The minimum atomic E-state index is -3.19. The molecule has 0 spiro atoms. The average Bonchev–Trinajstić information content (AvgIpc) is 2.97. The van der Waals surface area contributed by atoms with E-state index >= 15 is 0 Å². The standard InChI is InChI=1S/C18H21N3O3S/c1-12-8-17(14-4-6-16(7-5-14)25(3,22)23)20-18(9-12)19-10-15-11-24-21-13(15)2/h4-7,9,11-12,19H,8,10H2,1-3H3. The summed E-state index contributed by atoms with van der Waals surface area (Å²) in [7, 11) is -3.19. The van der Waals surface area contributed by atoms with E-state index in [-0.39, 0.29) is 0 Å². The lowest BCUT2D eigenvalue weighted by atomic mass is 9.96. The maximum atomic E-state index is 11.6.